The van der Waals surface area contributed by atoms with E-state index in [1.54, 1.807) is 55.6 Å². The van der Waals surface area contributed by atoms with Crippen LogP contribution < -0.4 is 20.2 Å². The zero-order valence-electron chi connectivity index (χ0n) is 17.3. The van der Waals surface area contributed by atoms with E-state index in [2.05, 4.69) is 15.8 Å². The monoisotopic (exact) mass is 417 g/mol. The molecule has 0 aliphatic rings. The molecule has 0 aromatic heterocycles. The highest BCUT2D eigenvalue weighted by atomic mass is 16.5. The number of carbonyl (C=O) groups excluding carboxylic acids is 2. The average Bonchev–Trinajstić information content (AvgIpc) is 2.80. The second kappa shape index (κ2) is 10.6. The number of anilines is 1. The van der Waals surface area contributed by atoms with Crippen molar-refractivity contribution in [2.24, 2.45) is 5.10 Å². The van der Waals surface area contributed by atoms with E-state index >= 15 is 0 Å². The van der Waals surface area contributed by atoms with Crippen LogP contribution in [0.4, 0.5) is 5.69 Å². The summed E-state index contributed by atoms with van der Waals surface area (Å²) < 4.78 is 10.5. The molecule has 7 nitrogen and oxygen atoms in total. The van der Waals surface area contributed by atoms with Crippen molar-refractivity contribution in [3.63, 3.8) is 0 Å². The lowest BCUT2D eigenvalue weighted by molar-refractivity contribution is 0.0956. The van der Waals surface area contributed by atoms with Crippen LogP contribution in [0.1, 0.15) is 33.2 Å². The number of benzene rings is 3. The predicted octanol–water partition coefficient (Wildman–Crippen LogP) is 4.11. The summed E-state index contributed by atoms with van der Waals surface area (Å²) in [4.78, 5) is 25.1. The topological polar surface area (TPSA) is 89.0 Å². The number of hydrogen-bond acceptors (Lipinski definition) is 5. The highest BCUT2D eigenvalue weighted by Gasteiger charge is 2.13. The molecule has 0 aliphatic carbocycles. The molecule has 3 aromatic carbocycles. The van der Waals surface area contributed by atoms with Gasteiger partial charge < -0.3 is 14.8 Å². The molecule has 0 saturated heterocycles. The number of carbonyl (C=O) groups is 2. The Morgan fingerprint density at radius 3 is 2.26 bits per heavy atom. The molecule has 31 heavy (non-hydrogen) atoms. The Labute approximate surface area is 180 Å². The van der Waals surface area contributed by atoms with E-state index in [9.17, 15) is 9.59 Å². The summed E-state index contributed by atoms with van der Waals surface area (Å²) in [5.41, 5.74) is 4.43. The fourth-order valence-electron chi connectivity index (χ4n) is 2.77. The van der Waals surface area contributed by atoms with Gasteiger partial charge in [-0.05, 0) is 73.2 Å². The Balaban J connectivity index is 1.65. The van der Waals surface area contributed by atoms with Crippen molar-refractivity contribution in [3.05, 3.63) is 89.5 Å². The minimum absolute atomic E-state index is 0.299. The molecule has 0 spiro atoms. The predicted molar refractivity (Wildman–Crippen MR) is 120 cm³/mol. The van der Waals surface area contributed by atoms with Gasteiger partial charge in [0.2, 0.25) is 0 Å². The van der Waals surface area contributed by atoms with Crippen molar-refractivity contribution in [2.75, 3.05) is 19.0 Å². The van der Waals surface area contributed by atoms with E-state index in [0.717, 1.165) is 11.3 Å². The van der Waals surface area contributed by atoms with E-state index < -0.39 is 5.91 Å². The Morgan fingerprint density at radius 1 is 0.903 bits per heavy atom. The fourth-order valence-corrected chi connectivity index (χ4v) is 2.77. The minimum Gasteiger partial charge on any atom is -0.497 e. The number of nitrogens with one attached hydrogen (secondary N) is 2. The van der Waals surface area contributed by atoms with Gasteiger partial charge in [-0.1, -0.05) is 12.1 Å². The molecule has 0 bridgehead atoms. The number of ether oxygens (including phenoxy) is 2. The van der Waals surface area contributed by atoms with Crippen molar-refractivity contribution in [1.29, 1.82) is 0 Å². The third kappa shape index (κ3) is 5.93. The van der Waals surface area contributed by atoms with Gasteiger partial charge in [0.05, 0.1) is 31.2 Å². The smallest absolute Gasteiger partial charge is 0.273 e. The molecule has 0 saturated carbocycles. The van der Waals surface area contributed by atoms with E-state index in [1.807, 2.05) is 31.2 Å². The van der Waals surface area contributed by atoms with Gasteiger partial charge in [0.15, 0.2) is 0 Å². The maximum atomic E-state index is 12.6. The van der Waals surface area contributed by atoms with Gasteiger partial charge >= 0.3 is 0 Å². The van der Waals surface area contributed by atoms with Crippen molar-refractivity contribution in [2.45, 2.75) is 6.92 Å². The SMILES string of the molecule is CCOc1ccc(/C=N/NC(=O)c2ccccc2NC(=O)c2ccc(OC)cc2)cc1. The van der Waals surface area contributed by atoms with Gasteiger partial charge in [-0.3, -0.25) is 9.59 Å². The summed E-state index contributed by atoms with van der Waals surface area (Å²) >= 11 is 0. The zero-order chi connectivity index (χ0) is 22.1. The van der Waals surface area contributed by atoms with Crippen molar-refractivity contribution in [3.8, 4) is 11.5 Å². The zero-order valence-corrected chi connectivity index (χ0v) is 17.3. The van der Waals surface area contributed by atoms with Crippen LogP contribution in [-0.2, 0) is 0 Å². The molecule has 0 unspecified atom stereocenters. The van der Waals surface area contributed by atoms with Gasteiger partial charge in [0.25, 0.3) is 11.8 Å². The first kappa shape index (κ1) is 21.6. The highest BCUT2D eigenvalue weighted by molar-refractivity contribution is 6.09. The maximum Gasteiger partial charge on any atom is 0.273 e. The van der Waals surface area contributed by atoms with Crippen LogP contribution in [0.3, 0.4) is 0 Å². The summed E-state index contributed by atoms with van der Waals surface area (Å²) in [6.45, 7) is 2.51. The van der Waals surface area contributed by atoms with E-state index in [1.165, 1.54) is 6.21 Å². The summed E-state index contributed by atoms with van der Waals surface area (Å²) in [6, 6.07) is 20.8. The van der Waals surface area contributed by atoms with Crippen LogP contribution in [0.5, 0.6) is 11.5 Å². The maximum absolute atomic E-state index is 12.6. The average molecular weight is 417 g/mol. The molecule has 0 heterocycles. The molecule has 2 amide bonds. The van der Waals surface area contributed by atoms with E-state index in [0.29, 0.717) is 29.2 Å². The lowest BCUT2D eigenvalue weighted by Crippen LogP contribution is -2.21. The van der Waals surface area contributed by atoms with E-state index in [-0.39, 0.29) is 5.91 Å². The van der Waals surface area contributed by atoms with Crippen LogP contribution >= 0.6 is 0 Å². The molecule has 158 valence electrons. The summed E-state index contributed by atoms with van der Waals surface area (Å²) in [6.07, 6.45) is 1.53. The van der Waals surface area contributed by atoms with Crippen molar-refractivity contribution in [1.82, 2.24) is 5.43 Å². The first-order valence-electron chi connectivity index (χ1n) is 9.71. The lowest BCUT2D eigenvalue weighted by atomic mass is 10.1. The minimum atomic E-state index is -0.437. The Kier molecular flexibility index (Phi) is 7.37. The van der Waals surface area contributed by atoms with Crippen molar-refractivity contribution >= 4 is 23.7 Å². The van der Waals surface area contributed by atoms with E-state index in [4.69, 9.17) is 9.47 Å². The highest BCUT2D eigenvalue weighted by Crippen LogP contribution is 2.18. The number of hydrogen-bond donors (Lipinski definition) is 2. The van der Waals surface area contributed by atoms with Crippen LogP contribution in [0.25, 0.3) is 0 Å². The molecule has 3 rings (SSSR count). The fraction of sp³-hybridized carbons (Fsp3) is 0.125. The standard InChI is InChI=1S/C24H23N3O4/c1-3-31-20-12-8-17(9-13-20)16-25-27-24(29)21-6-4-5-7-22(21)26-23(28)18-10-14-19(30-2)15-11-18/h4-16H,3H2,1-2H3,(H,26,28)(H,27,29)/b25-16+. The Morgan fingerprint density at radius 2 is 1.58 bits per heavy atom. The molecule has 0 fully saturated rings. The molecular weight excluding hydrogens is 394 g/mol. The van der Waals surface area contributed by atoms with Crippen LogP contribution in [0, 0.1) is 0 Å². The van der Waals surface area contributed by atoms with Crippen LogP contribution in [0.2, 0.25) is 0 Å². The third-order valence-electron chi connectivity index (χ3n) is 4.34. The number of methoxy groups -OCH3 is 1. The first-order valence-corrected chi connectivity index (χ1v) is 9.71. The van der Waals surface area contributed by atoms with Crippen LogP contribution in [-0.4, -0.2) is 31.7 Å². The van der Waals surface area contributed by atoms with Crippen LogP contribution in [0.15, 0.2) is 77.9 Å². The quantitative estimate of drug-likeness (QED) is 0.426. The van der Waals surface area contributed by atoms with Crippen molar-refractivity contribution < 1.29 is 19.1 Å². The molecule has 3 aromatic rings. The molecular formula is C24H23N3O4. The van der Waals surface area contributed by atoms with Gasteiger partial charge in [0.1, 0.15) is 11.5 Å². The number of para-hydroxylation sites is 1. The lowest BCUT2D eigenvalue weighted by Gasteiger charge is -2.10. The summed E-state index contributed by atoms with van der Waals surface area (Å²) in [5.74, 6) is 0.653. The first-order chi connectivity index (χ1) is 15.1. The number of amides is 2. The second-order valence-corrected chi connectivity index (χ2v) is 6.43. The van der Waals surface area contributed by atoms with Gasteiger partial charge in [0, 0.05) is 5.56 Å². The second-order valence-electron chi connectivity index (χ2n) is 6.43. The summed E-state index contributed by atoms with van der Waals surface area (Å²) in [5, 5.41) is 6.76. The normalized spacial score (nSPS) is 10.5. The number of hydrazone groups is 1. The van der Waals surface area contributed by atoms with Gasteiger partial charge in [-0.25, -0.2) is 5.43 Å². The molecule has 0 atom stereocenters. The number of rotatable bonds is 8. The molecule has 0 radical (unpaired) electrons. The summed E-state index contributed by atoms with van der Waals surface area (Å²) in [7, 11) is 1.56. The largest absolute Gasteiger partial charge is 0.497 e. The third-order valence-corrected chi connectivity index (χ3v) is 4.34. The van der Waals surface area contributed by atoms with Gasteiger partial charge in [-0.15, -0.1) is 0 Å². The molecule has 7 heteroatoms. The van der Waals surface area contributed by atoms with Gasteiger partial charge in [-0.2, -0.15) is 5.10 Å². The Bertz CT molecular complexity index is 1060. The number of nitrogens with zero attached hydrogens (tertiary/aromatic N) is 1. The Hall–Kier alpha value is -4.13. The molecule has 2 N–H and O–H groups in total. The molecule has 0 aliphatic heterocycles.